The molecule has 2 aliphatic heterocycles. The topological polar surface area (TPSA) is 98.9 Å². The molecule has 2 fully saturated rings. The molecule has 3 atom stereocenters. The average molecular weight is 437 g/mol. The van der Waals surface area contributed by atoms with Gasteiger partial charge in [0.05, 0.1) is 11.0 Å². The summed E-state index contributed by atoms with van der Waals surface area (Å²) in [6.07, 6.45) is -0.927. The number of fused-ring (bicyclic) bond motifs is 1. The van der Waals surface area contributed by atoms with Gasteiger partial charge in [-0.2, -0.15) is 4.31 Å². The van der Waals surface area contributed by atoms with Crippen LogP contribution in [0.1, 0.15) is 12.8 Å². The predicted molar refractivity (Wildman–Crippen MR) is 108 cm³/mol. The van der Waals surface area contributed by atoms with E-state index in [2.05, 4.69) is 0 Å². The second kappa shape index (κ2) is 7.95. The lowest BCUT2D eigenvalue weighted by Gasteiger charge is -2.39. The molecule has 0 aromatic heterocycles. The number of halogens is 1. The summed E-state index contributed by atoms with van der Waals surface area (Å²) in [6.45, 7) is 0.706. The summed E-state index contributed by atoms with van der Waals surface area (Å²) < 4.78 is 38.7. The van der Waals surface area contributed by atoms with Crippen LogP contribution in [0.5, 0.6) is 0 Å². The molecule has 4 rings (SSSR count). The van der Waals surface area contributed by atoms with E-state index in [-0.39, 0.29) is 23.5 Å². The molecule has 9 heteroatoms. The minimum atomic E-state index is -3.88. The molecule has 29 heavy (non-hydrogen) atoms. The van der Waals surface area contributed by atoms with Gasteiger partial charge in [0.15, 0.2) is 6.23 Å². The van der Waals surface area contributed by atoms with E-state index in [4.69, 9.17) is 26.8 Å². The first kappa shape index (κ1) is 20.2. The SMILES string of the molecule is NC(=O)OC1C2CCOC2CCN1S(=O)(=O)c1ccc(-c2ccc(Cl)cc2)cc1. The minimum Gasteiger partial charge on any atom is -0.429 e. The number of carbonyl (C=O) groups is 1. The highest BCUT2D eigenvalue weighted by molar-refractivity contribution is 7.89. The lowest BCUT2D eigenvalue weighted by molar-refractivity contribution is -0.0639. The number of hydrogen-bond acceptors (Lipinski definition) is 5. The number of nitrogens with two attached hydrogens (primary N) is 1. The third kappa shape index (κ3) is 3.98. The number of sulfonamides is 1. The Hall–Kier alpha value is -2.13. The third-order valence-corrected chi connectivity index (χ3v) is 7.55. The van der Waals surface area contributed by atoms with Crippen molar-refractivity contribution in [2.24, 2.45) is 11.7 Å². The fraction of sp³-hybridized carbons (Fsp3) is 0.350. The van der Waals surface area contributed by atoms with E-state index in [1.807, 2.05) is 12.1 Å². The van der Waals surface area contributed by atoms with Crippen molar-refractivity contribution in [2.45, 2.75) is 30.1 Å². The van der Waals surface area contributed by atoms with Crippen molar-refractivity contribution in [1.29, 1.82) is 0 Å². The molecule has 0 aliphatic carbocycles. The number of amides is 1. The van der Waals surface area contributed by atoms with Crippen LogP contribution >= 0.6 is 11.6 Å². The molecule has 3 unspecified atom stereocenters. The van der Waals surface area contributed by atoms with E-state index < -0.39 is 22.3 Å². The van der Waals surface area contributed by atoms with Crippen LogP contribution in [0.15, 0.2) is 53.4 Å². The van der Waals surface area contributed by atoms with Crippen LogP contribution in [0.2, 0.25) is 5.02 Å². The largest absolute Gasteiger partial charge is 0.429 e. The number of piperidine rings is 1. The third-order valence-electron chi connectivity index (χ3n) is 5.42. The molecule has 2 saturated heterocycles. The summed E-state index contributed by atoms with van der Waals surface area (Å²) in [5.41, 5.74) is 7.01. The zero-order valence-corrected chi connectivity index (χ0v) is 17.1. The number of nitrogens with zero attached hydrogens (tertiary/aromatic N) is 1. The second-order valence-electron chi connectivity index (χ2n) is 7.12. The fourth-order valence-corrected chi connectivity index (χ4v) is 5.70. The highest BCUT2D eigenvalue weighted by Crippen LogP contribution is 2.37. The van der Waals surface area contributed by atoms with E-state index in [1.54, 1.807) is 36.4 Å². The Kier molecular flexibility index (Phi) is 5.52. The van der Waals surface area contributed by atoms with Gasteiger partial charge in [0.1, 0.15) is 0 Å². The highest BCUT2D eigenvalue weighted by Gasteiger charge is 2.48. The van der Waals surface area contributed by atoms with Crippen molar-refractivity contribution < 1.29 is 22.7 Å². The van der Waals surface area contributed by atoms with Crippen molar-refractivity contribution in [3.8, 4) is 11.1 Å². The van der Waals surface area contributed by atoms with Gasteiger partial charge in [-0.1, -0.05) is 35.9 Å². The summed E-state index contributed by atoms with van der Waals surface area (Å²) >= 11 is 5.92. The predicted octanol–water partition coefficient (Wildman–Crippen LogP) is 3.23. The van der Waals surface area contributed by atoms with Gasteiger partial charge < -0.3 is 15.2 Å². The molecule has 2 aliphatic rings. The zero-order chi connectivity index (χ0) is 20.6. The van der Waals surface area contributed by atoms with Gasteiger partial charge >= 0.3 is 6.09 Å². The van der Waals surface area contributed by atoms with Crippen LogP contribution in [-0.2, 0) is 19.5 Å². The molecule has 7 nitrogen and oxygen atoms in total. The molecule has 0 spiro atoms. The van der Waals surface area contributed by atoms with Crippen molar-refractivity contribution in [1.82, 2.24) is 4.31 Å². The normalized spacial score (nSPS) is 24.8. The average Bonchev–Trinajstić information content (AvgIpc) is 3.18. The maximum Gasteiger partial charge on any atom is 0.406 e. The summed E-state index contributed by atoms with van der Waals surface area (Å²) in [4.78, 5) is 11.5. The van der Waals surface area contributed by atoms with Crippen molar-refractivity contribution >= 4 is 27.7 Å². The second-order valence-corrected chi connectivity index (χ2v) is 9.45. The molecular weight excluding hydrogens is 416 g/mol. The Balaban J connectivity index is 1.62. The van der Waals surface area contributed by atoms with Crippen LogP contribution < -0.4 is 5.73 Å². The number of rotatable bonds is 4. The Morgan fingerprint density at radius 1 is 1.07 bits per heavy atom. The van der Waals surface area contributed by atoms with Gasteiger partial charge in [0.2, 0.25) is 10.0 Å². The Bertz CT molecular complexity index is 995. The Labute approximate surface area is 174 Å². The van der Waals surface area contributed by atoms with Gasteiger partial charge in [-0.3, -0.25) is 0 Å². The number of carbonyl (C=O) groups excluding carboxylic acids is 1. The summed E-state index contributed by atoms with van der Waals surface area (Å²) in [5.74, 6) is -0.223. The summed E-state index contributed by atoms with van der Waals surface area (Å²) in [5, 5.41) is 0.632. The van der Waals surface area contributed by atoms with E-state index in [0.717, 1.165) is 11.1 Å². The van der Waals surface area contributed by atoms with Gasteiger partial charge in [-0.05, 0) is 48.2 Å². The molecule has 1 amide bonds. The van der Waals surface area contributed by atoms with Crippen molar-refractivity contribution in [3.63, 3.8) is 0 Å². The van der Waals surface area contributed by atoms with E-state index in [0.29, 0.717) is 24.5 Å². The van der Waals surface area contributed by atoms with E-state index in [9.17, 15) is 13.2 Å². The van der Waals surface area contributed by atoms with Crippen LogP contribution in [0, 0.1) is 5.92 Å². The lowest BCUT2D eigenvalue weighted by Crippen LogP contribution is -2.54. The lowest BCUT2D eigenvalue weighted by atomic mass is 9.93. The quantitative estimate of drug-likeness (QED) is 0.793. The van der Waals surface area contributed by atoms with Gasteiger partial charge in [-0.25, -0.2) is 13.2 Å². The van der Waals surface area contributed by atoms with Crippen LogP contribution in [-0.4, -0.2) is 44.3 Å². The van der Waals surface area contributed by atoms with Crippen molar-refractivity contribution in [2.75, 3.05) is 13.2 Å². The van der Waals surface area contributed by atoms with Gasteiger partial charge in [-0.15, -0.1) is 0 Å². The minimum absolute atomic E-state index is 0.127. The van der Waals surface area contributed by atoms with Crippen LogP contribution in [0.25, 0.3) is 11.1 Å². The first-order valence-corrected chi connectivity index (χ1v) is 11.1. The summed E-state index contributed by atoms with van der Waals surface area (Å²) in [6, 6.07) is 13.9. The summed E-state index contributed by atoms with van der Waals surface area (Å²) in [7, 11) is -3.88. The molecule has 0 saturated carbocycles. The zero-order valence-electron chi connectivity index (χ0n) is 15.5. The van der Waals surface area contributed by atoms with Crippen LogP contribution in [0.3, 0.4) is 0 Å². The molecule has 2 aromatic rings. The van der Waals surface area contributed by atoms with Crippen molar-refractivity contribution in [3.05, 3.63) is 53.6 Å². The molecule has 2 aromatic carbocycles. The molecule has 2 heterocycles. The first-order chi connectivity index (χ1) is 13.9. The standard InChI is InChI=1S/C20H21ClN2O5S/c21-15-5-1-13(2-6-15)14-3-7-16(8-4-14)29(25,26)23-11-9-18-17(10-12-27-18)19(23)28-20(22)24/h1-8,17-19H,9-12H2,(H2,22,24). The monoisotopic (exact) mass is 436 g/mol. The van der Waals surface area contributed by atoms with Crippen LogP contribution in [0.4, 0.5) is 4.79 Å². The molecule has 0 radical (unpaired) electrons. The van der Waals surface area contributed by atoms with Gasteiger partial charge in [0.25, 0.3) is 0 Å². The molecule has 154 valence electrons. The van der Waals surface area contributed by atoms with E-state index in [1.165, 1.54) is 4.31 Å². The number of primary amides is 1. The maximum atomic E-state index is 13.3. The Morgan fingerprint density at radius 2 is 1.69 bits per heavy atom. The Morgan fingerprint density at radius 3 is 2.31 bits per heavy atom. The van der Waals surface area contributed by atoms with E-state index >= 15 is 0 Å². The molecular formula is C20H21ClN2O5S. The molecule has 2 N–H and O–H groups in total. The number of ether oxygens (including phenoxy) is 2. The molecule has 0 bridgehead atoms. The first-order valence-electron chi connectivity index (χ1n) is 9.32. The number of hydrogen-bond donors (Lipinski definition) is 1. The van der Waals surface area contributed by atoms with Gasteiger partial charge in [0, 0.05) is 24.1 Å². The fourth-order valence-electron chi connectivity index (χ4n) is 4.00. The maximum absolute atomic E-state index is 13.3. The number of benzene rings is 2. The smallest absolute Gasteiger partial charge is 0.406 e. The highest BCUT2D eigenvalue weighted by atomic mass is 35.5.